The van der Waals surface area contributed by atoms with Gasteiger partial charge in [-0.05, 0) is 86.5 Å². The van der Waals surface area contributed by atoms with Gasteiger partial charge in [0.05, 0.1) is 12.2 Å². The smallest absolute Gasteiger partial charge is 0.430 e. The average Bonchev–Trinajstić information content (AvgIpc) is 3.26. The van der Waals surface area contributed by atoms with E-state index >= 15 is 0 Å². The maximum atomic E-state index is 12.0. The van der Waals surface area contributed by atoms with Gasteiger partial charge in [-0.15, -0.1) is 4.67 Å². The normalized spacial score (nSPS) is 29.3. The molecule has 0 aromatic heterocycles. The molecule has 5 N–H and O–H groups in total. The number of carbonyl (C=O) groups is 2. The van der Waals surface area contributed by atoms with Crippen LogP contribution in [0.15, 0.2) is 18.2 Å². The van der Waals surface area contributed by atoms with E-state index in [1.807, 2.05) is 12.1 Å². The number of nitrogens with one attached hydrogen (secondary N) is 1. The number of aliphatic hydroxyl groups excluding tert-OH is 1. The van der Waals surface area contributed by atoms with E-state index in [2.05, 4.69) is 22.6 Å². The van der Waals surface area contributed by atoms with E-state index < -0.39 is 44.9 Å². The SMILES string of the molecule is C[C@]12CCC3c4ccc(OCCC(O)OOP(=O)(O)N[C@@H](CCC(=O)O)C(=O)O)cc4CCC3C1CCO2. The van der Waals surface area contributed by atoms with Crippen molar-refractivity contribution >= 4 is 19.7 Å². The Labute approximate surface area is 220 Å². The van der Waals surface area contributed by atoms with Gasteiger partial charge in [0, 0.05) is 19.4 Å². The Morgan fingerprint density at radius 1 is 1.24 bits per heavy atom. The molecule has 5 unspecified atom stereocenters. The third-order valence-corrected chi connectivity index (χ3v) is 8.97. The first-order valence-corrected chi connectivity index (χ1v) is 14.5. The van der Waals surface area contributed by atoms with Crippen molar-refractivity contribution in [1.82, 2.24) is 5.09 Å². The zero-order chi connectivity index (χ0) is 27.5. The summed E-state index contributed by atoms with van der Waals surface area (Å²) in [6.45, 7) is 3.15. The minimum Gasteiger partial charge on any atom is -0.493 e. The summed E-state index contributed by atoms with van der Waals surface area (Å²) in [5.74, 6) is -0.360. The van der Waals surface area contributed by atoms with Crippen LogP contribution in [0.1, 0.15) is 68.9 Å². The fraction of sp³-hybridized carbons (Fsp3) is 0.680. The number of carboxylic acids is 2. The van der Waals surface area contributed by atoms with Crippen molar-refractivity contribution in [3.63, 3.8) is 0 Å². The van der Waals surface area contributed by atoms with E-state index in [1.165, 1.54) is 11.1 Å². The Balaban J connectivity index is 1.23. The lowest BCUT2D eigenvalue weighted by Gasteiger charge is -2.48. The standard InChI is InChI=1S/C25H36NO11P/c1-25-11-8-18-17-5-3-16(14-15(17)2-4-19(18)20(25)9-13-35-25)34-12-10-23(29)36-37-38(32,33)26-21(24(30)31)6-7-22(27)28/h3,5,14,18-21,23,29H,2,4,6-13H2,1H3,(H,27,28)(H,30,31)(H2,26,32,33)/t18?,19?,20?,21-,23?,25-/m0/s1. The molecule has 13 heteroatoms. The molecular weight excluding hydrogens is 521 g/mol. The summed E-state index contributed by atoms with van der Waals surface area (Å²) >= 11 is 0. The number of benzene rings is 1. The van der Waals surface area contributed by atoms with E-state index in [-0.39, 0.29) is 18.6 Å². The Morgan fingerprint density at radius 2 is 2.03 bits per heavy atom. The van der Waals surface area contributed by atoms with Crippen LogP contribution in [0.25, 0.3) is 0 Å². The maximum absolute atomic E-state index is 12.0. The lowest BCUT2D eigenvalue weighted by atomic mass is 9.59. The molecule has 1 heterocycles. The minimum atomic E-state index is -4.80. The first-order chi connectivity index (χ1) is 18.0. The number of aliphatic hydroxyl groups is 1. The maximum Gasteiger partial charge on any atom is 0.430 e. The summed E-state index contributed by atoms with van der Waals surface area (Å²) in [5, 5.41) is 29.5. The van der Waals surface area contributed by atoms with Crippen LogP contribution in [0, 0.1) is 11.8 Å². The van der Waals surface area contributed by atoms with Crippen molar-refractivity contribution < 1.29 is 53.4 Å². The molecule has 1 aromatic rings. The molecule has 3 aliphatic rings. The van der Waals surface area contributed by atoms with Gasteiger partial charge in [0.15, 0.2) is 6.29 Å². The second kappa shape index (κ2) is 12.0. The highest BCUT2D eigenvalue weighted by Crippen LogP contribution is 2.55. The molecule has 212 valence electrons. The van der Waals surface area contributed by atoms with Crippen molar-refractivity contribution in [3.8, 4) is 5.75 Å². The molecule has 1 saturated heterocycles. The fourth-order valence-electron chi connectivity index (χ4n) is 6.22. The lowest BCUT2D eigenvalue weighted by Crippen LogP contribution is -2.44. The zero-order valence-electron chi connectivity index (χ0n) is 21.3. The second-order valence-corrected chi connectivity index (χ2v) is 11.9. The average molecular weight is 558 g/mol. The Kier molecular flexibility index (Phi) is 9.14. The quantitative estimate of drug-likeness (QED) is 0.104. The van der Waals surface area contributed by atoms with Gasteiger partial charge < -0.3 is 29.7 Å². The number of aryl methyl sites for hydroxylation is 1. The van der Waals surface area contributed by atoms with Crippen LogP contribution in [0.5, 0.6) is 5.75 Å². The number of carboxylic acid groups (broad SMARTS) is 2. The Hall–Kier alpha value is -2.05. The molecule has 2 fully saturated rings. The van der Waals surface area contributed by atoms with E-state index in [0.717, 1.165) is 38.7 Å². The van der Waals surface area contributed by atoms with Crippen LogP contribution in [0.3, 0.4) is 0 Å². The number of rotatable bonds is 13. The number of ether oxygens (including phenoxy) is 2. The van der Waals surface area contributed by atoms with Crippen LogP contribution in [-0.2, 0) is 34.9 Å². The topological polar surface area (TPSA) is 181 Å². The predicted octanol–water partition coefficient (Wildman–Crippen LogP) is 2.97. The van der Waals surface area contributed by atoms with Crippen LogP contribution in [0.4, 0.5) is 0 Å². The van der Waals surface area contributed by atoms with Crippen molar-refractivity contribution in [1.29, 1.82) is 0 Å². The summed E-state index contributed by atoms with van der Waals surface area (Å²) < 4.78 is 28.2. The molecule has 38 heavy (non-hydrogen) atoms. The summed E-state index contributed by atoms with van der Waals surface area (Å²) in [6.07, 6.45) is 2.72. The molecule has 7 atom stereocenters. The number of aliphatic carboxylic acids is 2. The first-order valence-electron chi connectivity index (χ1n) is 13.0. The first kappa shape index (κ1) is 28.9. The molecule has 0 bridgehead atoms. The summed E-state index contributed by atoms with van der Waals surface area (Å²) in [7, 11) is -4.80. The monoisotopic (exact) mass is 557 g/mol. The molecule has 0 spiro atoms. The van der Waals surface area contributed by atoms with Crippen LogP contribution in [-0.4, -0.2) is 63.3 Å². The van der Waals surface area contributed by atoms with Crippen molar-refractivity contribution in [3.05, 3.63) is 29.3 Å². The van der Waals surface area contributed by atoms with E-state index in [1.54, 1.807) is 5.09 Å². The third kappa shape index (κ3) is 6.93. The molecular formula is C25H36NO11P. The van der Waals surface area contributed by atoms with Crippen molar-refractivity contribution in [2.75, 3.05) is 13.2 Å². The van der Waals surface area contributed by atoms with Gasteiger partial charge in [-0.1, -0.05) is 6.07 Å². The largest absolute Gasteiger partial charge is 0.493 e. The van der Waals surface area contributed by atoms with Crippen molar-refractivity contribution in [2.24, 2.45) is 11.8 Å². The Bertz CT molecular complexity index is 1070. The highest BCUT2D eigenvalue weighted by molar-refractivity contribution is 7.50. The molecule has 0 radical (unpaired) electrons. The van der Waals surface area contributed by atoms with Crippen LogP contribution < -0.4 is 9.82 Å². The highest BCUT2D eigenvalue weighted by atomic mass is 31.2. The summed E-state index contributed by atoms with van der Waals surface area (Å²) in [6, 6.07) is 4.42. The minimum absolute atomic E-state index is 0.0203. The van der Waals surface area contributed by atoms with Gasteiger partial charge in [0.2, 0.25) is 0 Å². The summed E-state index contributed by atoms with van der Waals surface area (Å²) in [5.41, 5.74) is 2.68. The van der Waals surface area contributed by atoms with Gasteiger partial charge in [-0.3, -0.25) is 9.59 Å². The Morgan fingerprint density at radius 3 is 2.76 bits per heavy atom. The van der Waals surface area contributed by atoms with Gasteiger partial charge in [-0.2, -0.15) is 4.89 Å². The van der Waals surface area contributed by atoms with Crippen LogP contribution in [0.2, 0.25) is 0 Å². The molecule has 0 amide bonds. The van der Waals surface area contributed by atoms with Gasteiger partial charge >= 0.3 is 19.7 Å². The summed E-state index contributed by atoms with van der Waals surface area (Å²) in [4.78, 5) is 36.1. The number of hydrogen-bond acceptors (Lipinski definition) is 8. The predicted molar refractivity (Wildman–Crippen MR) is 132 cm³/mol. The molecule has 1 saturated carbocycles. The number of fused-ring (bicyclic) bond motifs is 5. The molecule has 1 aromatic carbocycles. The number of hydrogen-bond donors (Lipinski definition) is 5. The van der Waals surface area contributed by atoms with E-state index in [0.29, 0.717) is 23.5 Å². The third-order valence-electron chi connectivity index (χ3n) is 8.04. The van der Waals surface area contributed by atoms with Crippen molar-refractivity contribution in [2.45, 2.75) is 82.1 Å². The zero-order valence-corrected chi connectivity index (χ0v) is 22.2. The molecule has 1 aliphatic heterocycles. The van der Waals surface area contributed by atoms with Crippen LogP contribution >= 0.6 is 7.75 Å². The van der Waals surface area contributed by atoms with Gasteiger partial charge in [-0.25, -0.2) is 9.65 Å². The molecule has 2 aliphatic carbocycles. The highest BCUT2D eigenvalue weighted by Gasteiger charge is 2.51. The molecule has 12 nitrogen and oxygen atoms in total. The second-order valence-electron chi connectivity index (χ2n) is 10.5. The fourth-order valence-corrected chi connectivity index (χ4v) is 7.11. The van der Waals surface area contributed by atoms with E-state index in [4.69, 9.17) is 19.7 Å². The van der Waals surface area contributed by atoms with E-state index in [9.17, 15) is 24.2 Å². The van der Waals surface area contributed by atoms with Gasteiger partial charge in [0.1, 0.15) is 11.8 Å². The lowest BCUT2D eigenvalue weighted by molar-refractivity contribution is -0.313. The van der Waals surface area contributed by atoms with Gasteiger partial charge in [0.25, 0.3) is 0 Å². The molecule has 4 rings (SSSR count).